The van der Waals surface area contributed by atoms with Crippen LogP contribution in [0.1, 0.15) is 42.5 Å². The fraction of sp³-hybridized carbons (Fsp3) is 0.333. The molecule has 5 nitrogen and oxygen atoms in total. The van der Waals surface area contributed by atoms with Crippen molar-refractivity contribution in [2.24, 2.45) is 0 Å². The number of benzene rings is 3. The van der Waals surface area contributed by atoms with Gasteiger partial charge < -0.3 is 15.0 Å². The highest BCUT2D eigenvalue weighted by Gasteiger charge is 2.32. The molecule has 0 saturated carbocycles. The maximum absolute atomic E-state index is 13.8. The van der Waals surface area contributed by atoms with Gasteiger partial charge in [-0.1, -0.05) is 78.7 Å². The number of ether oxygens (including phenoxy) is 1. The predicted octanol–water partition coefficient (Wildman–Crippen LogP) is 6.54. The highest BCUT2D eigenvalue weighted by molar-refractivity contribution is 6.36. The molecule has 0 aliphatic carbocycles. The summed E-state index contributed by atoms with van der Waals surface area (Å²) < 4.78 is 5.95. The van der Waals surface area contributed by atoms with E-state index in [-0.39, 0.29) is 31.0 Å². The number of carbonyl (C=O) groups is 2. The van der Waals surface area contributed by atoms with E-state index in [1.54, 1.807) is 18.2 Å². The first-order valence-corrected chi connectivity index (χ1v) is 13.2. The molecule has 0 unspecified atom stereocenters. The molecular formula is C30H34Cl2N2O3. The van der Waals surface area contributed by atoms with Crippen molar-refractivity contribution in [3.05, 3.63) is 99.0 Å². The number of rotatable bonds is 11. The Morgan fingerprint density at radius 3 is 2.24 bits per heavy atom. The second-order valence-corrected chi connectivity index (χ2v) is 10.0. The lowest BCUT2D eigenvalue weighted by molar-refractivity contribution is -0.143. The molecule has 0 aliphatic rings. The molecule has 37 heavy (non-hydrogen) atoms. The molecule has 3 aromatic carbocycles. The van der Waals surface area contributed by atoms with Gasteiger partial charge in [-0.25, -0.2) is 0 Å². The maximum atomic E-state index is 13.8. The van der Waals surface area contributed by atoms with Crippen LogP contribution in [0.25, 0.3) is 0 Å². The molecule has 0 spiro atoms. The topological polar surface area (TPSA) is 58.6 Å². The first kappa shape index (κ1) is 28.5. The van der Waals surface area contributed by atoms with Crippen LogP contribution < -0.4 is 10.1 Å². The molecule has 1 N–H and O–H groups in total. The van der Waals surface area contributed by atoms with Crippen LogP contribution in [-0.4, -0.2) is 35.4 Å². The van der Waals surface area contributed by atoms with Crippen LogP contribution in [0.3, 0.4) is 0 Å². The summed E-state index contributed by atoms with van der Waals surface area (Å²) in [6.45, 7) is 7.73. The second-order valence-electron chi connectivity index (χ2n) is 9.23. The fourth-order valence-corrected chi connectivity index (χ4v) is 4.47. The zero-order chi connectivity index (χ0) is 26.9. The third kappa shape index (κ3) is 7.73. The van der Waals surface area contributed by atoms with Crippen molar-refractivity contribution in [3.63, 3.8) is 0 Å². The fourth-order valence-electron chi connectivity index (χ4n) is 3.95. The first-order chi connectivity index (χ1) is 17.7. The van der Waals surface area contributed by atoms with Crippen LogP contribution >= 0.6 is 23.2 Å². The van der Waals surface area contributed by atoms with E-state index in [0.29, 0.717) is 27.8 Å². The van der Waals surface area contributed by atoms with Gasteiger partial charge in [-0.3, -0.25) is 9.59 Å². The number of amides is 2. The monoisotopic (exact) mass is 540 g/mol. The van der Waals surface area contributed by atoms with Crippen LogP contribution in [-0.2, 0) is 22.6 Å². The van der Waals surface area contributed by atoms with Crippen molar-refractivity contribution in [1.82, 2.24) is 10.2 Å². The van der Waals surface area contributed by atoms with Gasteiger partial charge in [-0.2, -0.15) is 0 Å². The summed E-state index contributed by atoms with van der Waals surface area (Å²) in [7, 11) is 0. The molecule has 0 radical (unpaired) electrons. The summed E-state index contributed by atoms with van der Waals surface area (Å²) in [5.74, 6) is 0.0614. The Labute approximate surface area is 229 Å². The van der Waals surface area contributed by atoms with Crippen LogP contribution in [0.15, 0.2) is 66.7 Å². The predicted molar refractivity (Wildman–Crippen MR) is 150 cm³/mol. The lowest BCUT2D eigenvalue weighted by Gasteiger charge is -2.32. The lowest BCUT2D eigenvalue weighted by atomic mass is 10.0. The van der Waals surface area contributed by atoms with Gasteiger partial charge in [0.1, 0.15) is 11.8 Å². The van der Waals surface area contributed by atoms with Crippen molar-refractivity contribution in [2.75, 3.05) is 6.61 Å². The molecule has 0 heterocycles. The molecule has 0 fully saturated rings. The van der Waals surface area contributed by atoms with E-state index < -0.39 is 6.04 Å². The maximum Gasteiger partial charge on any atom is 0.261 e. The van der Waals surface area contributed by atoms with Crippen molar-refractivity contribution in [1.29, 1.82) is 0 Å². The number of nitrogens with zero attached hydrogens (tertiary/aromatic N) is 1. The van der Waals surface area contributed by atoms with Gasteiger partial charge in [0.15, 0.2) is 6.61 Å². The molecule has 7 heteroatoms. The Hall–Kier alpha value is -3.02. The zero-order valence-corrected chi connectivity index (χ0v) is 23.3. The third-order valence-corrected chi connectivity index (χ3v) is 7.28. The third-order valence-electron chi connectivity index (χ3n) is 6.57. The molecule has 196 valence electrons. The molecule has 0 aliphatic heterocycles. The van der Waals surface area contributed by atoms with Gasteiger partial charge in [0.25, 0.3) is 5.91 Å². The summed E-state index contributed by atoms with van der Waals surface area (Å²) in [5, 5.41) is 3.91. The number of hydrogen-bond donors (Lipinski definition) is 1. The largest absolute Gasteiger partial charge is 0.483 e. The molecule has 0 bridgehead atoms. The van der Waals surface area contributed by atoms with Crippen molar-refractivity contribution < 1.29 is 14.3 Å². The number of halogens is 2. The van der Waals surface area contributed by atoms with Crippen molar-refractivity contribution >= 4 is 35.0 Å². The molecule has 2 atom stereocenters. The standard InChI is InChI=1S/C30H34Cl2N2O3/c1-5-21(3)33-30(36)27(17-23-12-7-6-8-13-23)34(18-24-25(31)14-10-15-26(24)32)29(35)19-37-28-16-9-11-20(2)22(28)4/h6-16,21,27H,5,17-19H2,1-4H3,(H,33,36)/t21-,27-/m1/s1. The summed E-state index contributed by atoms with van der Waals surface area (Å²) in [6, 6.07) is 19.7. The van der Waals surface area contributed by atoms with Crippen molar-refractivity contribution in [3.8, 4) is 5.75 Å². The lowest BCUT2D eigenvalue weighted by Crippen LogP contribution is -2.53. The van der Waals surface area contributed by atoms with Gasteiger partial charge in [-0.05, 0) is 62.1 Å². The number of aryl methyl sites for hydroxylation is 1. The molecule has 3 aromatic rings. The van der Waals surface area contributed by atoms with E-state index >= 15 is 0 Å². The number of carbonyl (C=O) groups excluding carboxylic acids is 2. The zero-order valence-electron chi connectivity index (χ0n) is 21.8. The van der Waals surface area contributed by atoms with Gasteiger partial charge in [-0.15, -0.1) is 0 Å². The van der Waals surface area contributed by atoms with E-state index in [2.05, 4.69) is 5.32 Å². The Morgan fingerprint density at radius 1 is 0.946 bits per heavy atom. The van der Waals surface area contributed by atoms with Crippen LogP contribution in [0.2, 0.25) is 10.0 Å². The molecule has 2 amide bonds. The van der Waals surface area contributed by atoms with E-state index in [1.165, 1.54) is 4.90 Å². The van der Waals surface area contributed by atoms with E-state index in [1.807, 2.05) is 76.2 Å². The van der Waals surface area contributed by atoms with Crippen molar-refractivity contribution in [2.45, 2.75) is 59.2 Å². The van der Waals surface area contributed by atoms with E-state index in [4.69, 9.17) is 27.9 Å². The first-order valence-electron chi connectivity index (χ1n) is 12.5. The summed E-state index contributed by atoms with van der Waals surface area (Å²) in [4.78, 5) is 28.9. The molecule has 3 rings (SSSR count). The van der Waals surface area contributed by atoms with Gasteiger partial charge in [0, 0.05) is 34.6 Å². The number of hydrogen-bond acceptors (Lipinski definition) is 3. The Balaban J connectivity index is 1.98. The van der Waals surface area contributed by atoms with Gasteiger partial charge >= 0.3 is 0 Å². The summed E-state index contributed by atoms with van der Waals surface area (Å²) in [5.41, 5.74) is 3.55. The van der Waals surface area contributed by atoms with E-state index in [9.17, 15) is 9.59 Å². The number of nitrogens with one attached hydrogen (secondary N) is 1. The molecular weight excluding hydrogens is 507 g/mol. The Kier molecular flexibility index (Phi) is 10.4. The summed E-state index contributed by atoms with van der Waals surface area (Å²) >= 11 is 13.0. The van der Waals surface area contributed by atoms with Gasteiger partial charge in [0.05, 0.1) is 0 Å². The molecule has 0 aromatic heterocycles. The Morgan fingerprint density at radius 2 is 1.59 bits per heavy atom. The minimum Gasteiger partial charge on any atom is -0.483 e. The summed E-state index contributed by atoms with van der Waals surface area (Å²) in [6.07, 6.45) is 1.10. The van der Waals surface area contributed by atoms with E-state index in [0.717, 1.165) is 23.1 Å². The minimum atomic E-state index is -0.793. The normalized spacial score (nSPS) is 12.5. The van der Waals surface area contributed by atoms with Crippen LogP contribution in [0, 0.1) is 13.8 Å². The average molecular weight is 542 g/mol. The highest BCUT2D eigenvalue weighted by atomic mass is 35.5. The average Bonchev–Trinajstić information content (AvgIpc) is 2.88. The second kappa shape index (κ2) is 13.5. The highest BCUT2D eigenvalue weighted by Crippen LogP contribution is 2.28. The van der Waals surface area contributed by atoms with Crippen LogP contribution in [0.4, 0.5) is 0 Å². The minimum absolute atomic E-state index is 0.0437. The molecule has 0 saturated heterocycles. The smallest absolute Gasteiger partial charge is 0.261 e. The SMILES string of the molecule is CC[C@@H](C)NC(=O)[C@@H](Cc1ccccc1)N(Cc1c(Cl)cccc1Cl)C(=O)COc1cccc(C)c1C. The quantitative estimate of drug-likeness (QED) is 0.300. The Bertz CT molecular complexity index is 1200. The van der Waals surface area contributed by atoms with Gasteiger partial charge in [0.2, 0.25) is 5.91 Å². The van der Waals surface area contributed by atoms with Crippen LogP contribution in [0.5, 0.6) is 5.75 Å².